The van der Waals surface area contributed by atoms with E-state index in [0.29, 0.717) is 11.3 Å². The third kappa shape index (κ3) is 1.96. The molecule has 14 heavy (non-hydrogen) atoms. The average molecular weight is 214 g/mol. The van der Waals surface area contributed by atoms with Crippen LogP contribution in [0.2, 0.25) is 5.15 Å². The number of hydrogen-bond acceptors (Lipinski definition) is 4. The van der Waals surface area contributed by atoms with Gasteiger partial charge in [-0.1, -0.05) is 11.6 Å². The Kier molecular flexibility index (Phi) is 2.84. The molecule has 0 aromatic carbocycles. The first kappa shape index (κ1) is 9.68. The van der Waals surface area contributed by atoms with Gasteiger partial charge in [0.2, 0.25) is 0 Å². The summed E-state index contributed by atoms with van der Waals surface area (Å²) < 4.78 is 5.28. The molecule has 4 nitrogen and oxygen atoms in total. The highest BCUT2D eigenvalue weighted by Gasteiger charge is 2.22. The largest absolute Gasteiger partial charge is 0.380 e. The fraction of sp³-hybridized carbons (Fsp3) is 0.556. The molecule has 2 rings (SSSR count). The maximum Gasteiger partial charge on any atom is 0.134 e. The molecule has 1 atom stereocenters. The number of hydrogen-bond donors (Lipinski definition) is 0. The fourth-order valence-corrected chi connectivity index (χ4v) is 1.77. The lowest BCUT2D eigenvalue weighted by Gasteiger charge is -2.16. The maximum atomic E-state index is 5.78. The van der Waals surface area contributed by atoms with E-state index in [0.717, 1.165) is 25.3 Å². The second-order valence-electron chi connectivity index (χ2n) is 3.29. The molecule has 0 N–H and O–H groups in total. The predicted molar refractivity (Wildman–Crippen MR) is 54.7 cm³/mol. The predicted octanol–water partition coefficient (Wildman–Crippen LogP) is 1.36. The molecule has 1 aromatic rings. The smallest absolute Gasteiger partial charge is 0.134 e. The molecule has 1 saturated heterocycles. The van der Waals surface area contributed by atoms with E-state index in [2.05, 4.69) is 14.9 Å². The van der Waals surface area contributed by atoms with Crippen molar-refractivity contribution in [2.24, 2.45) is 0 Å². The molecule has 0 aliphatic carbocycles. The Morgan fingerprint density at radius 1 is 1.57 bits per heavy atom. The van der Waals surface area contributed by atoms with Gasteiger partial charge in [0.05, 0.1) is 6.10 Å². The summed E-state index contributed by atoms with van der Waals surface area (Å²) >= 11 is 5.78. The molecule has 1 aromatic heterocycles. The lowest BCUT2D eigenvalue weighted by Crippen LogP contribution is -2.23. The molecule has 0 amide bonds. The van der Waals surface area contributed by atoms with E-state index in [-0.39, 0.29) is 0 Å². The van der Waals surface area contributed by atoms with Gasteiger partial charge in [0, 0.05) is 26.3 Å². The van der Waals surface area contributed by atoms with E-state index in [9.17, 15) is 0 Å². The first-order chi connectivity index (χ1) is 6.79. The van der Waals surface area contributed by atoms with Crippen molar-refractivity contribution in [2.75, 3.05) is 25.1 Å². The van der Waals surface area contributed by atoms with E-state index in [1.54, 1.807) is 13.2 Å². The number of rotatable bonds is 2. The van der Waals surface area contributed by atoms with Crippen LogP contribution in [0.15, 0.2) is 12.4 Å². The highest BCUT2D eigenvalue weighted by molar-refractivity contribution is 6.29. The number of ether oxygens (including phenoxy) is 1. The standard InChI is InChI=1S/C9H12ClN3O/c1-14-7-2-3-13(5-7)9-4-8(10)11-6-12-9/h4,6-7H,2-3,5H2,1H3/t7-/m1/s1. The molecule has 0 bridgehead atoms. The maximum absolute atomic E-state index is 5.78. The summed E-state index contributed by atoms with van der Waals surface area (Å²) in [5.41, 5.74) is 0. The van der Waals surface area contributed by atoms with Crippen molar-refractivity contribution < 1.29 is 4.74 Å². The van der Waals surface area contributed by atoms with Gasteiger partial charge in [0.15, 0.2) is 0 Å². The molecule has 0 saturated carbocycles. The Morgan fingerprint density at radius 2 is 2.43 bits per heavy atom. The van der Waals surface area contributed by atoms with Gasteiger partial charge in [0.25, 0.3) is 0 Å². The second-order valence-corrected chi connectivity index (χ2v) is 3.68. The van der Waals surface area contributed by atoms with Gasteiger partial charge in [-0.05, 0) is 6.42 Å². The highest BCUT2D eigenvalue weighted by Crippen LogP contribution is 2.20. The number of methoxy groups -OCH3 is 1. The van der Waals surface area contributed by atoms with Gasteiger partial charge in [-0.3, -0.25) is 0 Å². The molecule has 1 fully saturated rings. The van der Waals surface area contributed by atoms with Crippen LogP contribution in [0.5, 0.6) is 0 Å². The van der Waals surface area contributed by atoms with Crippen LogP contribution in [0.4, 0.5) is 5.82 Å². The quantitative estimate of drug-likeness (QED) is 0.696. The minimum absolute atomic E-state index is 0.309. The molecule has 1 aliphatic heterocycles. The molecular weight excluding hydrogens is 202 g/mol. The third-order valence-corrected chi connectivity index (χ3v) is 2.63. The van der Waals surface area contributed by atoms with Crippen LogP contribution in [-0.4, -0.2) is 36.3 Å². The molecule has 2 heterocycles. The first-order valence-electron chi connectivity index (χ1n) is 4.55. The number of halogens is 1. The van der Waals surface area contributed by atoms with Crippen molar-refractivity contribution in [1.82, 2.24) is 9.97 Å². The summed E-state index contributed by atoms with van der Waals surface area (Å²) in [7, 11) is 1.74. The Labute approximate surface area is 87.9 Å². The van der Waals surface area contributed by atoms with Crippen molar-refractivity contribution in [2.45, 2.75) is 12.5 Å². The summed E-state index contributed by atoms with van der Waals surface area (Å²) in [5, 5.41) is 0.482. The number of aromatic nitrogens is 2. The second kappa shape index (κ2) is 4.11. The average Bonchev–Trinajstić information content (AvgIpc) is 2.66. The zero-order valence-electron chi connectivity index (χ0n) is 7.98. The van der Waals surface area contributed by atoms with Crippen LogP contribution in [0.25, 0.3) is 0 Å². The summed E-state index contributed by atoms with van der Waals surface area (Å²) in [6, 6.07) is 1.78. The third-order valence-electron chi connectivity index (χ3n) is 2.42. The van der Waals surface area contributed by atoms with Crippen molar-refractivity contribution in [3.63, 3.8) is 0 Å². The van der Waals surface area contributed by atoms with Crippen molar-refractivity contribution in [3.8, 4) is 0 Å². The van der Waals surface area contributed by atoms with Crippen LogP contribution in [0, 0.1) is 0 Å². The minimum atomic E-state index is 0.309. The first-order valence-corrected chi connectivity index (χ1v) is 4.92. The normalized spacial score (nSPS) is 21.6. The molecule has 0 radical (unpaired) electrons. The molecule has 0 spiro atoms. The zero-order valence-corrected chi connectivity index (χ0v) is 8.74. The van der Waals surface area contributed by atoms with Crippen LogP contribution in [0.3, 0.4) is 0 Å². The van der Waals surface area contributed by atoms with Crippen LogP contribution >= 0.6 is 11.6 Å². The molecule has 1 aliphatic rings. The minimum Gasteiger partial charge on any atom is -0.380 e. The monoisotopic (exact) mass is 213 g/mol. The van der Waals surface area contributed by atoms with Crippen LogP contribution < -0.4 is 4.90 Å². The van der Waals surface area contributed by atoms with E-state index >= 15 is 0 Å². The van der Waals surface area contributed by atoms with Gasteiger partial charge in [0.1, 0.15) is 17.3 Å². The van der Waals surface area contributed by atoms with E-state index in [1.807, 2.05) is 0 Å². The Bertz CT molecular complexity index is 321. The van der Waals surface area contributed by atoms with Crippen LogP contribution in [-0.2, 0) is 4.74 Å². The van der Waals surface area contributed by atoms with Gasteiger partial charge in [-0.15, -0.1) is 0 Å². The van der Waals surface area contributed by atoms with Crippen molar-refractivity contribution in [3.05, 3.63) is 17.5 Å². The topological polar surface area (TPSA) is 38.2 Å². The van der Waals surface area contributed by atoms with E-state index < -0.39 is 0 Å². The Morgan fingerprint density at radius 3 is 3.07 bits per heavy atom. The summed E-state index contributed by atoms with van der Waals surface area (Å²) in [5.74, 6) is 0.879. The van der Waals surface area contributed by atoms with Crippen molar-refractivity contribution >= 4 is 17.4 Å². The zero-order chi connectivity index (χ0) is 9.97. The van der Waals surface area contributed by atoms with Crippen molar-refractivity contribution in [1.29, 1.82) is 0 Å². The van der Waals surface area contributed by atoms with Gasteiger partial charge < -0.3 is 9.64 Å². The fourth-order valence-electron chi connectivity index (χ4n) is 1.63. The summed E-state index contributed by atoms with van der Waals surface area (Å²) in [6.07, 6.45) is 2.83. The highest BCUT2D eigenvalue weighted by atomic mass is 35.5. The molecule has 76 valence electrons. The molecular formula is C9H12ClN3O. The van der Waals surface area contributed by atoms with Gasteiger partial charge in [-0.25, -0.2) is 9.97 Å². The molecule has 0 unspecified atom stereocenters. The Hall–Kier alpha value is -0.870. The Balaban J connectivity index is 2.09. The summed E-state index contributed by atoms with van der Waals surface area (Å²) in [4.78, 5) is 10.2. The van der Waals surface area contributed by atoms with Crippen LogP contribution in [0.1, 0.15) is 6.42 Å². The SMILES string of the molecule is CO[C@@H]1CCN(c2cc(Cl)ncn2)C1. The van der Waals surface area contributed by atoms with Gasteiger partial charge >= 0.3 is 0 Å². The summed E-state index contributed by atoms with van der Waals surface area (Å²) in [6.45, 7) is 1.84. The van der Waals surface area contributed by atoms with E-state index in [1.165, 1.54) is 6.33 Å². The number of nitrogens with zero attached hydrogens (tertiary/aromatic N) is 3. The lowest BCUT2D eigenvalue weighted by molar-refractivity contribution is 0.121. The van der Waals surface area contributed by atoms with E-state index in [4.69, 9.17) is 16.3 Å². The molecule has 5 heteroatoms. The number of anilines is 1. The lowest BCUT2D eigenvalue weighted by atomic mass is 10.3. The van der Waals surface area contributed by atoms with Gasteiger partial charge in [-0.2, -0.15) is 0 Å².